The average molecular weight is 253 g/mol. The third-order valence-electron chi connectivity index (χ3n) is 2.32. The minimum absolute atomic E-state index is 0.167. The van der Waals surface area contributed by atoms with Gasteiger partial charge in [0, 0.05) is 14.1 Å². The Morgan fingerprint density at radius 3 is 1.78 bits per heavy atom. The third kappa shape index (κ3) is 3.93. The predicted molar refractivity (Wildman–Crippen MR) is 63.2 cm³/mol. The molecule has 7 nitrogen and oxygen atoms in total. The van der Waals surface area contributed by atoms with Gasteiger partial charge in [-0.1, -0.05) is 6.07 Å². The van der Waals surface area contributed by atoms with Crippen LogP contribution in [0.3, 0.4) is 0 Å². The molecular weight excluding hydrogens is 238 g/mol. The van der Waals surface area contributed by atoms with E-state index in [1.807, 2.05) is 0 Å². The van der Waals surface area contributed by atoms with Gasteiger partial charge in [0.15, 0.2) is 0 Å². The molecule has 2 N–H and O–H groups in total. The lowest BCUT2D eigenvalue weighted by Crippen LogP contribution is -2.26. The van der Waals surface area contributed by atoms with Crippen LogP contribution in [0.25, 0.3) is 0 Å². The van der Waals surface area contributed by atoms with Gasteiger partial charge in [-0.05, 0) is 12.1 Å². The molecule has 18 heavy (non-hydrogen) atoms. The molecular formula is C11H15N3O4. The van der Waals surface area contributed by atoms with Crippen LogP contribution < -0.4 is 0 Å². The van der Waals surface area contributed by atoms with Gasteiger partial charge in [-0.3, -0.25) is 4.98 Å². The van der Waals surface area contributed by atoms with Gasteiger partial charge in [0.05, 0.1) is 24.5 Å². The molecule has 2 amide bonds. The Balaban J connectivity index is 2.73. The molecule has 0 aliphatic heterocycles. The zero-order valence-corrected chi connectivity index (χ0v) is 10.2. The van der Waals surface area contributed by atoms with Crippen LogP contribution in [-0.2, 0) is 13.1 Å². The Morgan fingerprint density at radius 2 is 1.44 bits per heavy atom. The van der Waals surface area contributed by atoms with Crippen LogP contribution in [-0.4, -0.2) is 51.3 Å². The highest BCUT2D eigenvalue weighted by Gasteiger charge is 2.10. The van der Waals surface area contributed by atoms with Crippen LogP contribution in [0.15, 0.2) is 18.2 Å². The molecule has 7 heteroatoms. The summed E-state index contributed by atoms with van der Waals surface area (Å²) in [4.78, 5) is 27.8. The minimum Gasteiger partial charge on any atom is -0.465 e. The molecule has 1 aromatic heterocycles. The van der Waals surface area contributed by atoms with Crippen molar-refractivity contribution in [1.29, 1.82) is 0 Å². The van der Waals surface area contributed by atoms with Crippen molar-refractivity contribution in [3.8, 4) is 0 Å². The van der Waals surface area contributed by atoms with E-state index < -0.39 is 12.2 Å². The van der Waals surface area contributed by atoms with Gasteiger partial charge in [0.25, 0.3) is 0 Å². The van der Waals surface area contributed by atoms with E-state index >= 15 is 0 Å². The fourth-order valence-corrected chi connectivity index (χ4v) is 1.33. The van der Waals surface area contributed by atoms with Crippen LogP contribution in [0.1, 0.15) is 11.4 Å². The first kappa shape index (κ1) is 13.8. The van der Waals surface area contributed by atoms with Gasteiger partial charge >= 0.3 is 12.2 Å². The second-order valence-electron chi connectivity index (χ2n) is 3.90. The molecule has 98 valence electrons. The normalized spacial score (nSPS) is 9.89. The number of pyridine rings is 1. The van der Waals surface area contributed by atoms with E-state index in [0.717, 1.165) is 9.80 Å². The molecule has 1 aromatic rings. The average Bonchev–Trinajstić information content (AvgIpc) is 2.29. The Kier molecular flexibility index (Phi) is 4.47. The standard InChI is InChI=1S/C11H15N3O4/c1-13(10(15)16)6-8-4-3-5-9(12-8)7-14(2)11(17)18/h3-5H,6-7H2,1-2H3,(H,15,16)(H,17,18). The number of carboxylic acid groups (broad SMARTS) is 2. The molecule has 1 rings (SSSR count). The number of hydrogen-bond donors (Lipinski definition) is 2. The van der Waals surface area contributed by atoms with Gasteiger partial charge in [-0.2, -0.15) is 0 Å². The van der Waals surface area contributed by atoms with Crippen LogP contribution in [0.5, 0.6) is 0 Å². The first-order valence-corrected chi connectivity index (χ1v) is 5.23. The van der Waals surface area contributed by atoms with Gasteiger partial charge < -0.3 is 20.0 Å². The van der Waals surface area contributed by atoms with Crippen LogP contribution in [0.4, 0.5) is 9.59 Å². The number of hydrogen-bond acceptors (Lipinski definition) is 3. The van der Waals surface area contributed by atoms with E-state index in [2.05, 4.69) is 4.98 Å². The van der Waals surface area contributed by atoms with Crippen molar-refractivity contribution >= 4 is 12.2 Å². The summed E-state index contributed by atoms with van der Waals surface area (Å²) in [6.45, 7) is 0.333. The third-order valence-corrected chi connectivity index (χ3v) is 2.32. The van der Waals surface area contributed by atoms with E-state index in [1.54, 1.807) is 18.2 Å². The summed E-state index contributed by atoms with van der Waals surface area (Å²) in [6.07, 6.45) is -2.07. The van der Waals surface area contributed by atoms with Gasteiger partial charge in [-0.15, -0.1) is 0 Å². The summed E-state index contributed by atoms with van der Waals surface area (Å²) < 4.78 is 0. The summed E-state index contributed by atoms with van der Waals surface area (Å²) in [5.74, 6) is 0. The molecule has 0 atom stereocenters. The molecule has 0 saturated carbocycles. The van der Waals surface area contributed by atoms with E-state index in [1.165, 1.54) is 14.1 Å². The van der Waals surface area contributed by atoms with E-state index in [0.29, 0.717) is 11.4 Å². The first-order chi connectivity index (χ1) is 8.40. The number of aromatic nitrogens is 1. The van der Waals surface area contributed by atoms with Crippen LogP contribution in [0, 0.1) is 0 Å². The maximum absolute atomic E-state index is 10.7. The summed E-state index contributed by atoms with van der Waals surface area (Å²) in [7, 11) is 2.89. The number of amides is 2. The SMILES string of the molecule is CN(Cc1cccc(CN(C)C(=O)O)n1)C(=O)O. The minimum atomic E-state index is -1.04. The molecule has 0 radical (unpaired) electrons. The molecule has 0 aliphatic carbocycles. The molecule has 0 bridgehead atoms. The molecule has 0 unspecified atom stereocenters. The topological polar surface area (TPSA) is 94.0 Å². The van der Waals surface area contributed by atoms with Crippen molar-refractivity contribution in [3.05, 3.63) is 29.6 Å². The Hall–Kier alpha value is -2.31. The lowest BCUT2D eigenvalue weighted by atomic mass is 10.3. The molecule has 1 heterocycles. The maximum atomic E-state index is 10.7. The monoisotopic (exact) mass is 253 g/mol. The van der Waals surface area contributed by atoms with Crippen molar-refractivity contribution in [2.24, 2.45) is 0 Å². The quantitative estimate of drug-likeness (QED) is 0.843. The molecule has 0 spiro atoms. The number of carbonyl (C=O) groups is 2. The number of rotatable bonds is 4. The molecule has 0 saturated heterocycles. The zero-order chi connectivity index (χ0) is 13.7. The van der Waals surface area contributed by atoms with Crippen molar-refractivity contribution < 1.29 is 19.8 Å². The molecule has 0 aromatic carbocycles. The summed E-state index contributed by atoms with van der Waals surface area (Å²) >= 11 is 0. The van der Waals surface area contributed by atoms with Gasteiger partial charge in [0.1, 0.15) is 0 Å². The highest BCUT2D eigenvalue weighted by Crippen LogP contribution is 2.05. The van der Waals surface area contributed by atoms with Crippen molar-refractivity contribution in [2.45, 2.75) is 13.1 Å². The summed E-state index contributed by atoms with van der Waals surface area (Å²) in [5.41, 5.74) is 1.16. The van der Waals surface area contributed by atoms with Crippen molar-refractivity contribution in [1.82, 2.24) is 14.8 Å². The lowest BCUT2D eigenvalue weighted by molar-refractivity contribution is 0.153. The highest BCUT2D eigenvalue weighted by molar-refractivity contribution is 5.64. The zero-order valence-electron chi connectivity index (χ0n) is 10.2. The Labute approximate surface area is 104 Å². The maximum Gasteiger partial charge on any atom is 0.407 e. The molecule has 0 fully saturated rings. The fraction of sp³-hybridized carbons (Fsp3) is 0.364. The highest BCUT2D eigenvalue weighted by atomic mass is 16.4. The summed E-state index contributed by atoms with van der Waals surface area (Å²) in [6, 6.07) is 5.12. The second kappa shape index (κ2) is 5.85. The largest absolute Gasteiger partial charge is 0.465 e. The first-order valence-electron chi connectivity index (χ1n) is 5.23. The Morgan fingerprint density at radius 1 is 1.06 bits per heavy atom. The van der Waals surface area contributed by atoms with E-state index in [-0.39, 0.29) is 13.1 Å². The Bertz CT molecular complexity index is 412. The van der Waals surface area contributed by atoms with E-state index in [9.17, 15) is 9.59 Å². The smallest absolute Gasteiger partial charge is 0.407 e. The van der Waals surface area contributed by atoms with Gasteiger partial charge in [-0.25, -0.2) is 9.59 Å². The predicted octanol–water partition coefficient (Wildman–Crippen LogP) is 1.30. The number of nitrogens with zero attached hydrogens (tertiary/aromatic N) is 3. The van der Waals surface area contributed by atoms with Crippen LogP contribution >= 0.6 is 0 Å². The van der Waals surface area contributed by atoms with E-state index in [4.69, 9.17) is 10.2 Å². The molecule has 0 aliphatic rings. The van der Waals surface area contributed by atoms with Crippen molar-refractivity contribution in [2.75, 3.05) is 14.1 Å². The van der Waals surface area contributed by atoms with Crippen molar-refractivity contribution in [3.63, 3.8) is 0 Å². The van der Waals surface area contributed by atoms with Gasteiger partial charge in [0.2, 0.25) is 0 Å². The van der Waals surface area contributed by atoms with Crippen LogP contribution in [0.2, 0.25) is 0 Å². The summed E-state index contributed by atoms with van der Waals surface area (Å²) in [5, 5.41) is 17.5. The lowest BCUT2D eigenvalue weighted by Gasteiger charge is -2.15. The fourth-order valence-electron chi connectivity index (χ4n) is 1.33. The second-order valence-corrected chi connectivity index (χ2v) is 3.90.